The molecule has 0 radical (unpaired) electrons. The van der Waals surface area contributed by atoms with Gasteiger partial charge in [0.1, 0.15) is 0 Å². The summed E-state index contributed by atoms with van der Waals surface area (Å²) in [4.78, 5) is 17.9. The van der Waals surface area contributed by atoms with Crippen LogP contribution in [0.5, 0.6) is 0 Å². The summed E-state index contributed by atoms with van der Waals surface area (Å²) in [6.45, 7) is 4.76. The van der Waals surface area contributed by atoms with Gasteiger partial charge in [0.2, 0.25) is 0 Å². The number of rotatable bonds is 3. The lowest BCUT2D eigenvalue weighted by Gasteiger charge is -2.22. The lowest BCUT2D eigenvalue weighted by Crippen LogP contribution is -2.34. The minimum Gasteiger partial charge on any atom is -0.337 e. The van der Waals surface area contributed by atoms with Gasteiger partial charge in [-0.25, -0.2) is 0 Å². The Morgan fingerprint density at radius 2 is 1.92 bits per heavy atom. The number of aryl methyl sites for hydroxylation is 2. The molecule has 2 heterocycles. The molecule has 4 rings (SSSR count). The second kappa shape index (κ2) is 7.08. The van der Waals surface area contributed by atoms with Crippen molar-refractivity contribution in [1.82, 2.24) is 9.80 Å². The molecule has 1 aliphatic heterocycles. The number of amides is 1. The average molecular weight is 340 g/mol. The van der Waals surface area contributed by atoms with Crippen LogP contribution in [0, 0.1) is 0 Å². The van der Waals surface area contributed by atoms with Crippen LogP contribution in [-0.2, 0) is 19.4 Å². The lowest BCUT2D eigenvalue weighted by atomic mass is 10.1. The second-order valence-corrected chi connectivity index (χ2v) is 7.80. The largest absolute Gasteiger partial charge is 0.337 e. The van der Waals surface area contributed by atoms with Crippen LogP contribution >= 0.6 is 11.3 Å². The Kier molecular flexibility index (Phi) is 4.67. The van der Waals surface area contributed by atoms with Gasteiger partial charge in [-0.1, -0.05) is 24.3 Å². The molecule has 24 heavy (non-hydrogen) atoms. The third kappa shape index (κ3) is 3.40. The van der Waals surface area contributed by atoms with Crippen molar-refractivity contribution < 1.29 is 4.79 Å². The lowest BCUT2D eigenvalue weighted by molar-refractivity contribution is 0.0766. The van der Waals surface area contributed by atoms with E-state index in [0.29, 0.717) is 0 Å². The number of hydrogen-bond donors (Lipinski definition) is 0. The molecule has 0 spiro atoms. The molecule has 2 aromatic rings. The van der Waals surface area contributed by atoms with Gasteiger partial charge in [0.05, 0.1) is 4.88 Å². The van der Waals surface area contributed by atoms with Crippen LogP contribution in [0.2, 0.25) is 0 Å². The van der Waals surface area contributed by atoms with Crippen molar-refractivity contribution in [1.29, 1.82) is 0 Å². The zero-order valence-electron chi connectivity index (χ0n) is 14.0. The Hall–Kier alpha value is -1.65. The Labute approximate surface area is 147 Å². The van der Waals surface area contributed by atoms with Gasteiger partial charge in [0.25, 0.3) is 5.91 Å². The van der Waals surface area contributed by atoms with Gasteiger partial charge in [-0.05, 0) is 53.8 Å². The smallest absolute Gasteiger partial charge is 0.263 e. The molecule has 1 fully saturated rings. The summed E-state index contributed by atoms with van der Waals surface area (Å²) in [5.41, 5.74) is 4.52. The predicted molar refractivity (Wildman–Crippen MR) is 98.6 cm³/mol. The summed E-state index contributed by atoms with van der Waals surface area (Å²) in [5, 5.41) is 1.98. The molecule has 0 saturated carbocycles. The second-order valence-electron chi connectivity index (χ2n) is 6.86. The fraction of sp³-hybridized carbons (Fsp3) is 0.450. The highest BCUT2D eigenvalue weighted by atomic mass is 32.1. The van der Waals surface area contributed by atoms with E-state index in [9.17, 15) is 4.79 Å². The zero-order chi connectivity index (χ0) is 16.4. The summed E-state index contributed by atoms with van der Waals surface area (Å²) >= 11 is 1.54. The van der Waals surface area contributed by atoms with E-state index in [1.165, 1.54) is 24.8 Å². The van der Waals surface area contributed by atoms with E-state index < -0.39 is 0 Å². The topological polar surface area (TPSA) is 23.6 Å². The summed E-state index contributed by atoms with van der Waals surface area (Å²) < 4.78 is 0. The number of thiophene rings is 1. The molecule has 1 aliphatic carbocycles. The van der Waals surface area contributed by atoms with Crippen molar-refractivity contribution in [3.05, 3.63) is 57.3 Å². The van der Waals surface area contributed by atoms with E-state index in [-0.39, 0.29) is 5.91 Å². The highest BCUT2D eigenvalue weighted by Crippen LogP contribution is 2.23. The number of fused-ring (bicyclic) bond motifs is 1. The van der Waals surface area contributed by atoms with Crippen molar-refractivity contribution in [2.75, 3.05) is 26.2 Å². The molecule has 1 aromatic carbocycles. The Bertz CT molecular complexity index is 710. The molecule has 0 atom stereocenters. The van der Waals surface area contributed by atoms with Crippen molar-refractivity contribution in [3.8, 4) is 0 Å². The van der Waals surface area contributed by atoms with E-state index in [1.807, 2.05) is 22.4 Å². The van der Waals surface area contributed by atoms with E-state index in [2.05, 4.69) is 23.1 Å². The van der Waals surface area contributed by atoms with Crippen LogP contribution in [0.3, 0.4) is 0 Å². The third-order valence-electron chi connectivity index (χ3n) is 5.18. The molecule has 0 unspecified atom stereocenters. The summed E-state index contributed by atoms with van der Waals surface area (Å²) in [5.74, 6) is 0.199. The van der Waals surface area contributed by atoms with Crippen LogP contribution in [0.15, 0.2) is 35.7 Å². The van der Waals surface area contributed by atoms with Crippen LogP contribution in [0.4, 0.5) is 0 Å². The van der Waals surface area contributed by atoms with Crippen LogP contribution < -0.4 is 0 Å². The van der Waals surface area contributed by atoms with Gasteiger partial charge in [-0.2, -0.15) is 0 Å². The normalized spacial score (nSPS) is 18.4. The molecule has 1 saturated heterocycles. The number of hydrogen-bond acceptors (Lipinski definition) is 3. The SMILES string of the molecule is O=C(c1cccs1)N1CCCN(Cc2ccc3c(c2)CCC3)CC1. The van der Waals surface area contributed by atoms with Crippen molar-refractivity contribution in [2.24, 2.45) is 0 Å². The van der Waals surface area contributed by atoms with E-state index in [0.717, 1.165) is 44.0 Å². The summed E-state index contributed by atoms with van der Waals surface area (Å²) in [6.07, 6.45) is 4.86. The first-order chi connectivity index (χ1) is 11.8. The Morgan fingerprint density at radius 1 is 1.00 bits per heavy atom. The Morgan fingerprint density at radius 3 is 2.79 bits per heavy atom. The van der Waals surface area contributed by atoms with Gasteiger partial charge >= 0.3 is 0 Å². The van der Waals surface area contributed by atoms with Crippen molar-refractivity contribution in [3.63, 3.8) is 0 Å². The first-order valence-electron chi connectivity index (χ1n) is 8.95. The van der Waals surface area contributed by atoms with E-state index in [4.69, 9.17) is 0 Å². The van der Waals surface area contributed by atoms with Crippen LogP contribution in [-0.4, -0.2) is 41.9 Å². The summed E-state index contributed by atoms with van der Waals surface area (Å²) in [7, 11) is 0. The predicted octanol–water partition coefficient (Wildman–Crippen LogP) is 3.58. The molecule has 126 valence electrons. The Balaban J connectivity index is 1.37. The maximum absolute atomic E-state index is 12.5. The fourth-order valence-electron chi connectivity index (χ4n) is 3.87. The molecular formula is C20H24N2OS. The molecular weight excluding hydrogens is 316 g/mol. The van der Waals surface area contributed by atoms with Gasteiger partial charge in [0, 0.05) is 32.7 Å². The van der Waals surface area contributed by atoms with Gasteiger partial charge in [-0.3, -0.25) is 9.69 Å². The maximum Gasteiger partial charge on any atom is 0.263 e. The zero-order valence-corrected chi connectivity index (χ0v) is 14.9. The van der Waals surface area contributed by atoms with Gasteiger partial charge in [0.15, 0.2) is 0 Å². The molecule has 1 aromatic heterocycles. The van der Waals surface area contributed by atoms with Gasteiger partial charge < -0.3 is 4.90 Å². The highest BCUT2D eigenvalue weighted by Gasteiger charge is 2.21. The quantitative estimate of drug-likeness (QED) is 0.852. The molecule has 0 N–H and O–H groups in total. The van der Waals surface area contributed by atoms with Crippen LogP contribution in [0.1, 0.15) is 39.2 Å². The van der Waals surface area contributed by atoms with E-state index in [1.54, 1.807) is 22.5 Å². The van der Waals surface area contributed by atoms with Crippen molar-refractivity contribution in [2.45, 2.75) is 32.2 Å². The minimum absolute atomic E-state index is 0.199. The molecule has 4 heteroatoms. The monoisotopic (exact) mass is 340 g/mol. The number of benzene rings is 1. The number of carbonyl (C=O) groups is 1. The molecule has 1 amide bonds. The highest BCUT2D eigenvalue weighted by molar-refractivity contribution is 7.12. The molecule has 3 nitrogen and oxygen atoms in total. The minimum atomic E-state index is 0.199. The molecule has 0 bridgehead atoms. The van der Waals surface area contributed by atoms with Crippen LogP contribution in [0.25, 0.3) is 0 Å². The number of carbonyl (C=O) groups excluding carboxylic acids is 1. The summed E-state index contributed by atoms with van der Waals surface area (Å²) in [6, 6.07) is 10.9. The third-order valence-corrected chi connectivity index (χ3v) is 6.03. The van der Waals surface area contributed by atoms with E-state index >= 15 is 0 Å². The first kappa shape index (κ1) is 15.9. The average Bonchev–Trinajstić information content (AvgIpc) is 3.23. The fourth-order valence-corrected chi connectivity index (χ4v) is 4.56. The van der Waals surface area contributed by atoms with Crippen molar-refractivity contribution >= 4 is 17.2 Å². The maximum atomic E-state index is 12.5. The standard InChI is InChI=1S/C20H24N2OS/c23-20(19-6-2-13-24-19)22-10-3-9-21(11-12-22)15-16-7-8-17-4-1-5-18(17)14-16/h2,6-8,13-14H,1,3-5,9-12,15H2. The van der Waals surface area contributed by atoms with Gasteiger partial charge in [-0.15, -0.1) is 11.3 Å². The first-order valence-corrected chi connectivity index (χ1v) is 9.83. The molecule has 2 aliphatic rings. The number of nitrogens with zero attached hydrogens (tertiary/aromatic N) is 2.